The molecule has 0 radical (unpaired) electrons. The Labute approximate surface area is 191 Å². The number of nitrogens with one attached hydrogen (secondary N) is 1. The number of benzene rings is 2. The molecule has 2 aliphatic heterocycles. The van der Waals surface area contributed by atoms with Crippen LogP contribution in [0.5, 0.6) is 5.75 Å². The van der Waals surface area contributed by atoms with Gasteiger partial charge in [-0.3, -0.25) is 4.79 Å². The molecule has 0 aromatic heterocycles. The zero-order chi connectivity index (χ0) is 24.3. The highest BCUT2D eigenvalue weighted by Gasteiger charge is 2.42. The third kappa shape index (κ3) is 5.75. The Morgan fingerprint density at radius 2 is 1.65 bits per heavy atom. The first-order valence-corrected chi connectivity index (χ1v) is 10.6. The van der Waals surface area contributed by atoms with Gasteiger partial charge in [0.1, 0.15) is 22.9 Å². The molecule has 7 nitrogen and oxygen atoms in total. The third-order valence-electron chi connectivity index (χ3n) is 5.73. The van der Waals surface area contributed by atoms with E-state index in [1.54, 1.807) is 5.06 Å². The zero-order valence-electron chi connectivity index (χ0n) is 17.9. The van der Waals surface area contributed by atoms with Gasteiger partial charge in [0.25, 0.3) is 5.91 Å². The first-order valence-electron chi connectivity index (χ1n) is 10.6. The highest BCUT2D eigenvalue weighted by Crippen LogP contribution is 2.31. The Morgan fingerprint density at radius 1 is 1.00 bits per heavy atom. The minimum atomic E-state index is -4.77. The molecule has 2 fully saturated rings. The Balaban J connectivity index is 1.30. The Hall–Kier alpha value is -2.96. The molecule has 1 spiro atoms. The van der Waals surface area contributed by atoms with Gasteiger partial charge in [0, 0.05) is 13.1 Å². The second-order valence-corrected chi connectivity index (χ2v) is 8.05. The van der Waals surface area contributed by atoms with Crippen molar-refractivity contribution in [1.29, 1.82) is 0 Å². The lowest BCUT2D eigenvalue weighted by Crippen LogP contribution is -2.57. The lowest BCUT2D eigenvalue weighted by Gasteiger charge is -2.46. The van der Waals surface area contributed by atoms with E-state index in [-0.39, 0.29) is 18.8 Å². The summed E-state index contributed by atoms with van der Waals surface area (Å²) in [5.41, 5.74) is 1.92. The van der Waals surface area contributed by atoms with Crippen LogP contribution in [-0.4, -0.2) is 60.6 Å². The molecule has 2 aromatic carbocycles. The first kappa shape index (κ1) is 24.2. The number of morpholine rings is 1. The maximum absolute atomic E-state index is 14.0. The largest absolute Gasteiger partial charge is 0.573 e. The average molecular weight is 487 g/mol. The number of hydrogen-bond acceptors (Lipinski definition) is 6. The maximum Gasteiger partial charge on any atom is 0.573 e. The first-order chi connectivity index (χ1) is 16.1. The van der Waals surface area contributed by atoms with E-state index in [9.17, 15) is 26.7 Å². The second kappa shape index (κ2) is 9.72. The van der Waals surface area contributed by atoms with E-state index in [4.69, 9.17) is 9.68 Å². The molecular formula is C22H22F5N3O4. The van der Waals surface area contributed by atoms with E-state index < -0.39 is 35.1 Å². The minimum Gasteiger partial charge on any atom is -0.406 e. The third-order valence-corrected chi connectivity index (χ3v) is 5.73. The molecule has 0 atom stereocenters. The van der Waals surface area contributed by atoms with Crippen LogP contribution in [0.2, 0.25) is 0 Å². The van der Waals surface area contributed by atoms with Gasteiger partial charge in [0.15, 0.2) is 0 Å². The van der Waals surface area contributed by atoms with Crippen molar-refractivity contribution in [3.05, 3.63) is 59.7 Å². The topological polar surface area (TPSA) is 63.3 Å². The summed E-state index contributed by atoms with van der Waals surface area (Å²) in [6, 6.07) is 8.37. The predicted molar refractivity (Wildman–Crippen MR) is 110 cm³/mol. The molecule has 2 aliphatic rings. The summed E-state index contributed by atoms with van der Waals surface area (Å²) < 4.78 is 74.5. The van der Waals surface area contributed by atoms with Crippen LogP contribution in [0, 0.1) is 11.6 Å². The van der Waals surface area contributed by atoms with Crippen molar-refractivity contribution < 1.29 is 41.2 Å². The van der Waals surface area contributed by atoms with Crippen LogP contribution in [0.15, 0.2) is 42.5 Å². The maximum atomic E-state index is 14.0. The number of amides is 1. The summed E-state index contributed by atoms with van der Waals surface area (Å²) in [4.78, 5) is 19.6. The number of hydroxylamine groups is 2. The van der Waals surface area contributed by atoms with Crippen LogP contribution in [0.3, 0.4) is 0 Å². The van der Waals surface area contributed by atoms with Crippen LogP contribution in [0.25, 0.3) is 0 Å². The quantitative estimate of drug-likeness (QED) is 0.506. The van der Waals surface area contributed by atoms with Gasteiger partial charge in [-0.2, -0.15) is 10.0 Å². The van der Waals surface area contributed by atoms with Crippen LogP contribution in [-0.2, 0) is 9.68 Å². The van der Waals surface area contributed by atoms with E-state index in [1.807, 2.05) is 0 Å². The summed E-state index contributed by atoms with van der Waals surface area (Å²) in [5, 5.41) is 1.62. The molecule has 2 saturated heterocycles. The summed E-state index contributed by atoms with van der Waals surface area (Å²) in [6.07, 6.45) is -3.88. The fourth-order valence-electron chi connectivity index (χ4n) is 4.01. The Kier molecular flexibility index (Phi) is 6.91. The monoisotopic (exact) mass is 487 g/mol. The van der Waals surface area contributed by atoms with E-state index >= 15 is 0 Å². The van der Waals surface area contributed by atoms with Gasteiger partial charge in [0.05, 0.1) is 31.0 Å². The Bertz CT molecular complexity index is 990. The van der Waals surface area contributed by atoms with Crippen molar-refractivity contribution in [2.75, 3.05) is 38.3 Å². The predicted octanol–water partition coefficient (Wildman–Crippen LogP) is 4.13. The number of piperidine rings is 1. The highest BCUT2D eigenvalue weighted by molar-refractivity contribution is 5.94. The zero-order valence-corrected chi connectivity index (χ0v) is 17.9. The summed E-state index contributed by atoms with van der Waals surface area (Å²) >= 11 is 0. The molecule has 0 saturated carbocycles. The molecule has 0 unspecified atom stereocenters. The number of nitrogens with zero attached hydrogens (tertiary/aromatic N) is 2. The van der Waals surface area contributed by atoms with E-state index in [1.165, 1.54) is 23.1 Å². The molecule has 0 bridgehead atoms. The smallest absolute Gasteiger partial charge is 0.406 e. The van der Waals surface area contributed by atoms with Crippen molar-refractivity contribution >= 4 is 11.6 Å². The van der Waals surface area contributed by atoms with Crippen molar-refractivity contribution in [3.8, 4) is 5.75 Å². The second-order valence-electron chi connectivity index (χ2n) is 8.05. The molecule has 34 heavy (non-hydrogen) atoms. The summed E-state index contributed by atoms with van der Waals surface area (Å²) in [5.74, 6) is -2.85. The van der Waals surface area contributed by atoms with E-state index in [0.717, 1.165) is 24.3 Å². The van der Waals surface area contributed by atoms with Gasteiger partial charge in [-0.25, -0.2) is 14.3 Å². The molecule has 12 heteroatoms. The number of hydrogen-bond donors (Lipinski definition) is 1. The number of alkyl halides is 3. The molecule has 2 heterocycles. The molecule has 0 aliphatic carbocycles. The number of likely N-dealkylation sites (tertiary alicyclic amines) is 1. The number of ether oxygens (including phenoxy) is 2. The summed E-state index contributed by atoms with van der Waals surface area (Å²) in [7, 11) is 0. The number of carbonyl (C=O) groups is 1. The number of anilines is 1. The van der Waals surface area contributed by atoms with Crippen LogP contribution in [0.4, 0.5) is 27.6 Å². The van der Waals surface area contributed by atoms with Gasteiger partial charge in [0.2, 0.25) is 0 Å². The number of rotatable bonds is 5. The fourth-order valence-corrected chi connectivity index (χ4v) is 4.01. The fraction of sp³-hybridized carbons (Fsp3) is 0.409. The highest BCUT2D eigenvalue weighted by atomic mass is 19.4. The lowest BCUT2D eigenvalue weighted by molar-refractivity contribution is -0.274. The van der Waals surface area contributed by atoms with Crippen LogP contribution in [0.1, 0.15) is 23.2 Å². The molecule has 1 N–H and O–H groups in total. The molecule has 184 valence electrons. The van der Waals surface area contributed by atoms with E-state index in [2.05, 4.69) is 10.2 Å². The van der Waals surface area contributed by atoms with Gasteiger partial charge in [-0.1, -0.05) is 6.07 Å². The normalized spacial score (nSPS) is 18.7. The molecule has 2 aromatic rings. The lowest BCUT2D eigenvalue weighted by atomic mass is 9.89. The standard InChI is InChI=1S/C22H22F5N3O4/c23-17-2-1-3-18(24)19(17)20(31)29-10-8-21(9-11-29)14-30(12-13-32-21)34-28-15-4-6-16(7-5-15)33-22(25,26)27/h1-7,28H,8-14H2. The van der Waals surface area contributed by atoms with E-state index in [0.29, 0.717) is 38.2 Å². The van der Waals surface area contributed by atoms with Crippen molar-refractivity contribution in [2.24, 2.45) is 0 Å². The number of carbonyl (C=O) groups excluding carboxylic acids is 1. The van der Waals surface area contributed by atoms with Crippen LogP contribution >= 0.6 is 0 Å². The molecule has 1 amide bonds. The van der Waals surface area contributed by atoms with Crippen molar-refractivity contribution in [1.82, 2.24) is 9.96 Å². The van der Waals surface area contributed by atoms with Crippen molar-refractivity contribution in [2.45, 2.75) is 24.8 Å². The van der Waals surface area contributed by atoms with Gasteiger partial charge in [-0.05, 0) is 49.2 Å². The SMILES string of the molecule is O=C(c1c(F)cccc1F)N1CCC2(CC1)CN(ONc1ccc(OC(F)(F)F)cc1)CCO2. The van der Waals surface area contributed by atoms with Gasteiger partial charge >= 0.3 is 6.36 Å². The average Bonchev–Trinajstić information content (AvgIpc) is 2.78. The van der Waals surface area contributed by atoms with Crippen molar-refractivity contribution in [3.63, 3.8) is 0 Å². The van der Waals surface area contributed by atoms with Gasteiger partial charge < -0.3 is 14.4 Å². The summed E-state index contributed by atoms with van der Waals surface area (Å²) in [6.45, 7) is 1.68. The van der Waals surface area contributed by atoms with Crippen LogP contribution < -0.4 is 10.2 Å². The number of halogens is 5. The Morgan fingerprint density at radius 3 is 2.26 bits per heavy atom. The molecular weight excluding hydrogens is 465 g/mol. The van der Waals surface area contributed by atoms with Gasteiger partial charge in [-0.15, -0.1) is 13.2 Å². The minimum absolute atomic E-state index is 0.258. The molecule has 4 rings (SSSR count).